The Hall–Kier alpha value is -0.530. The van der Waals surface area contributed by atoms with Gasteiger partial charge < -0.3 is 4.74 Å². The zero-order valence-corrected chi connectivity index (χ0v) is 17.4. The van der Waals surface area contributed by atoms with Gasteiger partial charge in [0.15, 0.2) is 0 Å². The molecule has 0 aromatic heterocycles. The molecule has 0 bridgehead atoms. The third-order valence-corrected chi connectivity index (χ3v) is 7.85. The first kappa shape index (κ1) is 20.2. The average Bonchev–Trinajstić information content (AvgIpc) is 2.66. The maximum atomic E-state index is 12.1. The minimum absolute atomic E-state index is 0.0621. The molecule has 0 heterocycles. The van der Waals surface area contributed by atoms with Gasteiger partial charge in [-0.25, -0.2) is 0 Å². The molecular formula is C24H42O2. The number of carbonyl (C=O) groups excluding carboxylic acids is 1. The predicted molar refractivity (Wildman–Crippen MR) is 108 cm³/mol. The molecule has 0 saturated heterocycles. The Balaban J connectivity index is 1.44. The lowest BCUT2D eigenvalue weighted by Gasteiger charge is -2.50. The van der Waals surface area contributed by atoms with Crippen LogP contribution in [0.3, 0.4) is 0 Å². The van der Waals surface area contributed by atoms with Gasteiger partial charge >= 0.3 is 5.97 Å². The quantitative estimate of drug-likeness (QED) is 0.346. The van der Waals surface area contributed by atoms with E-state index >= 15 is 0 Å². The van der Waals surface area contributed by atoms with Crippen molar-refractivity contribution in [1.82, 2.24) is 0 Å². The van der Waals surface area contributed by atoms with Crippen molar-refractivity contribution in [3.63, 3.8) is 0 Å². The highest BCUT2D eigenvalue weighted by Crippen LogP contribution is 2.53. The lowest BCUT2D eigenvalue weighted by atomic mass is 9.56. The highest BCUT2D eigenvalue weighted by Gasteiger charge is 2.44. The van der Waals surface area contributed by atoms with Crippen molar-refractivity contribution in [3.05, 3.63) is 0 Å². The van der Waals surface area contributed by atoms with Gasteiger partial charge in [-0.1, -0.05) is 52.4 Å². The SMILES string of the molecule is CCCCCC(=O)O[C@@H]1CCC2C(CCC3C[C@H](CCCC)CCC32)C1. The topological polar surface area (TPSA) is 26.3 Å². The van der Waals surface area contributed by atoms with Gasteiger partial charge in [0.05, 0.1) is 0 Å². The number of esters is 1. The Morgan fingerprint density at radius 3 is 2.23 bits per heavy atom. The van der Waals surface area contributed by atoms with Crippen LogP contribution in [0.1, 0.15) is 110 Å². The molecule has 0 aromatic carbocycles. The summed E-state index contributed by atoms with van der Waals surface area (Å²) in [6.07, 6.45) is 19.4. The predicted octanol–water partition coefficient (Wildman–Crippen LogP) is 6.91. The molecule has 0 radical (unpaired) electrons. The molecule has 4 unspecified atom stereocenters. The maximum absolute atomic E-state index is 12.1. The fraction of sp³-hybridized carbons (Fsp3) is 0.958. The van der Waals surface area contributed by atoms with Gasteiger partial charge in [0.2, 0.25) is 0 Å². The van der Waals surface area contributed by atoms with Crippen LogP contribution in [0.2, 0.25) is 0 Å². The van der Waals surface area contributed by atoms with Gasteiger partial charge in [-0.2, -0.15) is 0 Å². The van der Waals surface area contributed by atoms with Crippen LogP contribution in [0.25, 0.3) is 0 Å². The third kappa shape index (κ3) is 5.26. The molecule has 3 aliphatic carbocycles. The van der Waals surface area contributed by atoms with Crippen molar-refractivity contribution < 1.29 is 9.53 Å². The average molecular weight is 363 g/mol. The summed E-state index contributed by atoms with van der Waals surface area (Å²) in [5, 5.41) is 0. The van der Waals surface area contributed by atoms with E-state index in [1.165, 1.54) is 64.2 Å². The molecule has 3 aliphatic rings. The lowest BCUT2D eigenvalue weighted by molar-refractivity contribution is -0.153. The minimum atomic E-state index is 0.0621. The van der Waals surface area contributed by atoms with E-state index in [0.717, 1.165) is 55.3 Å². The van der Waals surface area contributed by atoms with E-state index in [4.69, 9.17) is 4.74 Å². The molecule has 0 aromatic rings. The Kier molecular flexibility index (Phi) is 7.88. The summed E-state index contributed by atoms with van der Waals surface area (Å²) in [4.78, 5) is 12.1. The normalized spacial score (nSPS) is 36.8. The van der Waals surface area contributed by atoms with E-state index in [-0.39, 0.29) is 12.1 Å². The van der Waals surface area contributed by atoms with Crippen LogP contribution >= 0.6 is 0 Å². The highest BCUT2D eigenvalue weighted by atomic mass is 16.5. The summed E-state index contributed by atoms with van der Waals surface area (Å²) in [5.74, 6) is 4.87. The van der Waals surface area contributed by atoms with Crippen molar-refractivity contribution in [1.29, 1.82) is 0 Å². The van der Waals surface area contributed by atoms with Gasteiger partial charge in [-0.3, -0.25) is 4.79 Å². The van der Waals surface area contributed by atoms with Crippen molar-refractivity contribution in [3.8, 4) is 0 Å². The van der Waals surface area contributed by atoms with Crippen LogP contribution in [0.5, 0.6) is 0 Å². The van der Waals surface area contributed by atoms with Gasteiger partial charge in [0, 0.05) is 6.42 Å². The molecule has 150 valence electrons. The van der Waals surface area contributed by atoms with Crippen molar-refractivity contribution in [2.45, 2.75) is 116 Å². The van der Waals surface area contributed by atoms with E-state index in [1.54, 1.807) is 0 Å². The third-order valence-electron chi connectivity index (χ3n) is 7.85. The molecule has 2 heteroatoms. The van der Waals surface area contributed by atoms with E-state index in [0.29, 0.717) is 6.42 Å². The zero-order chi connectivity index (χ0) is 18.4. The number of ether oxygens (including phenoxy) is 1. The first-order valence-electron chi connectivity index (χ1n) is 11.9. The maximum Gasteiger partial charge on any atom is 0.306 e. The monoisotopic (exact) mass is 362 g/mol. The van der Waals surface area contributed by atoms with Crippen LogP contribution in [0.15, 0.2) is 0 Å². The van der Waals surface area contributed by atoms with Gasteiger partial charge in [-0.15, -0.1) is 0 Å². The zero-order valence-electron chi connectivity index (χ0n) is 17.4. The molecule has 26 heavy (non-hydrogen) atoms. The number of hydrogen-bond donors (Lipinski definition) is 0. The summed E-state index contributed by atoms with van der Waals surface area (Å²) < 4.78 is 5.85. The number of hydrogen-bond acceptors (Lipinski definition) is 2. The first-order chi connectivity index (χ1) is 12.7. The second-order valence-electron chi connectivity index (χ2n) is 9.63. The molecule has 0 aliphatic heterocycles. The Bertz CT molecular complexity index is 432. The number of rotatable bonds is 8. The molecule has 2 nitrogen and oxygen atoms in total. The van der Waals surface area contributed by atoms with Crippen molar-refractivity contribution >= 4 is 5.97 Å². The second-order valence-corrected chi connectivity index (χ2v) is 9.63. The number of unbranched alkanes of at least 4 members (excludes halogenated alkanes) is 3. The number of carbonyl (C=O) groups is 1. The molecular weight excluding hydrogens is 320 g/mol. The Labute approximate surface area is 161 Å². The molecule has 0 N–H and O–H groups in total. The van der Waals surface area contributed by atoms with Crippen LogP contribution in [-0.4, -0.2) is 12.1 Å². The van der Waals surface area contributed by atoms with Gasteiger partial charge in [0.1, 0.15) is 6.10 Å². The second kappa shape index (κ2) is 10.1. The largest absolute Gasteiger partial charge is 0.462 e. The summed E-state index contributed by atoms with van der Waals surface area (Å²) >= 11 is 0. The molecule has 3 fully saturated rings. The Morgan fingerprint density at radius 1 is 0.808 bits per heavy atom. The fourth-order valence-electron chi connectivity index (χ4n) is 6.47. The summed E-state index contributed by atoms with van der Waals surface area (Å²) in [7, 11) is 0. The first-order valence-corrected chi connectivity index (χ1v) is 11.9. The van der Waals surface area contributed by atoms with Crippen molar-refractivity contribution in [2.75, 3.05) is 0 Å². The molecule has 3 rings (SSSR count). The summed E-state index contributed by atoms with van der Waals surface area (Å²) in [6, 6.07) is 0. The van der Waals surface area contributed by atoms with Crippen LogP contribution < -0.4 is 0 Å². The van der Waals surface area contributed by atoms with E-state index in [1.807, 2.05) is 0 Å². The van der Waals surface area contributed by atoms with E-state index in [2.05, 4.69) is 13.8 Å². The Morgan fingerprint density at radius 2 is 1.50 bits per heavy atom. The molecule has 6 atom stereocenters. The van der Waals surface area contributed by atoms with Gasteiger partial charge in [0.25, 0.3) is 0 Å². The van der Waals surface area contributed by atoms with Gasteiger partial charge in [-0.05, 0) is 81.0 Å². The van der Waals surface area contributed by atoms with E-state index < -0.39 is 0 Å². The highest BCUT2D eigenvalue weighted by molar-refractivity contribution is 5.69. The van der Waals surface area contributed by atoms with E-state index in [9.17, 15) is 4.79 Å². The smallest absolute Gasteiger partial charge is 0.306 e. The summed E-state index contributed by atoms with van der Waals surface area (Å²) in [6.45, 7) is 4.51. The fourth-order valence-corrected chi connectivity index (χ4v) is 6.47. The summed E-state index contributed by atoms with van der Waals surface area (Å²) in [5.41, 5.74) is 0. The minimum Gasteiger partial charge on any atom is -0.462 e. The lowest BCUT2D eigenvalue weighted by Crippen LogP contribution is -2.43. The molecule has 0 amide bonds. The molecule has 0 spiro atoms. The number of fused-ring (bicyclic) bond motifs is 3. The standard InChI is InChI=1S/C24H42O2/c1-3-5-7-9-24(25)26-21-13-15-23-20(17-21)12-11-19-16-18(8-6-4-2)10-14-22(19)23/h18-23H,3-17H2,1-2H3/t18-,19?,20?,21-,22?,23?/m1/s1. The van der Waals surface area contributed by atoms with Crippen molar-refractivity contribution in [2.24, 2.45) is 29.6 Å². The molecule has 3 saturated carbocycles. The van der Waals surface area contributed by atoms with Crippen LogP contribution in [-0.2, 0) is 9.53 Å². The van der Waals surface area contributed by atoms with Crippen LogP contribution in [0, 0.1) is 29.6 Å². The van der Waals surface area contributed by atoms with Crippen LogP contribution in [0.4, 0.5) is 0 Å².